The van der Waals surface area contributed by atoms with Crippen molar-refractivity contribution in [3.8, 4) is 0 Å². The summed E-state index contributed by atoms with van der Waals surface area (Å²) in [7, 11) is 0. The van der Waals surface area contributed by atoms with Crippen LogP contribution in [-0.2, 0) is 9.59 Å². The van der Waals surface area contributed by atoms with E-state index >= 15 is 0 Å². The molecule has 3 nitrogen and oxygen atoms in total. The summed E-state index contributed by atoms with van der Waals surface area (Å²) in [6.45, 7) is 3.72. The summed E-state index contributed by atoms with van der Waals surface area (Å²) in [5, 5.41) is 0. The van der Waals surface area contributed by atoms with E-state index in [0.717, 1.165) is 12.3 Å². The summed E-state index contributed by atoms with van der Waals surface area (Å²) in [4.78, 5) is 19.3. The average Bonchev–Trinajstić information content (AvgIpc) is 2.73. The van der Waals surface area contributed by atoms with Crippen LogP contribution in [-0.4, -0.2) is 12.2 Å². The Morgan fingerprint density at radius 2 is 2.08 bits per heavy atom. The molecule has 2 N–H and O–H groups in total. The molecule has 1 aliphatic rings. The second kappa shape index (κ2) is 5.75. The van der Waals surface area contributed by atoms with E-state index in [1.165, 1.54) is 12.8 Å². The van der Waals surface area contributed by atoms with Crippen LogP contribution in [0.2, 0.25) is 0 Å². The molecule has 12 heavy (non-hydrogen) atoms. The predicted octanol–water partition coefficient (Wildman–Crippen LogP) is 1.11. The third-order valence-corrected chi connectivity index (χ3v) is 2.08. The van der Waals surface area contributed by atoms with Crippen LogP contribution in [0.5, 0.6) is 0 Å². The van der Waals surface area contributed by atoms with Crippen LogP contribution >= 0.6 is 0 Å². The van der Waals surface area contributed by atoms with Crippen molar-refractivity contribution in [2.75, 3.05) is 0 Å². The molecule has 0 aromatic rings. The first-order chi connectivity index (χ1) is 5.61. The second-order valence-electron chi connectivity index (χ2n) is 3.33. The number of hydrogen-bond donors (Lipinski definition) is 1. The van der Waals surface area contributed by atoms with E-state index in [-0.39, 0.29) is 6.41 Å². The first-order valence-electron chi connectivity index (χ1n) is 4.27. The van der Waals surface area contributed by atoms with Gasteiger partial charge in [0.25, 0.3) is 0 Å². The Bertz CT molecular complexity index is 153. The number of ketones is 1. The molecule has 0 radical (unpaired) electrons. The van der Waals surface area contributed by atoms with E-state index in [2.05, 4.69) is 5.73 Å². The van der Waals surface area contributed by atoms with E-state index < -0.39 is 0 Å². The summed E-state index contributed by atoms with van der Waals surface area (Å²) < 4.78 is 0. The number of carbonyl (C=O) groups is 2. The largest absolute Gasteiger partial charge is 0.372 e. The third kappa shape index (κ3) is 5.89. The van der Waals surface area contributed by atoms with Gasteiger partial charge in [-0.05, 0) is 19.3 Å². The van der Waals surface area contributed by atoms with Crippen molar-refractivity contribution in [2.24, 2.45) is 17.6 Å². The third-order valence-electron chi connectivity index (χ3n) is 2.08. The normalized spacial score (nSPS) is 17.2. The summed E-state index contributed by atoms with van der Waals surface area (Å²) in [5.41, 5.74) is 4.17. The number of hydrogen-bond acceptors (Lipinski definition) is 2. The molecule has 1 unspecified atom stereocenters. The standard InChI is InChI=1S/C8H14O.CH3NO/c1-6(7(2)9)5-8-3-4-8;2-1-3/h6,8H,3-5H2,1-2H3;1H,(H2,2,3). The second-order valence-corrected chi connectivity index (χ2v) is 3.33. The van der Waals surface area contributed by atoms with Gasteiger partial charge in [-0.3, -0.25) is 9.59 Å². The molecule has 1 rings (SSSR count). The fourth-order valence-electron chi connectivity index (χ4n) is 1.02. The molecule has 0 aromatic heterocycles. The van der Waals surface area contributed by atoms with Crippen molar-refractivity contribution < 1.29 is 9.59 Å². The van der Waals surface area contributed by atoms with E-state index in [9.17, 15) is 4.79 Å². The fourth-order valence-corrected chi connectivity index (χ4v) is 1.02. The minimum absolute atomic E-state index is 0.250. The molecule has 0 spiro atoms. The molecule has 0 bridgehead atoms. The fraction of sp³-hybridized carbons (Fsp3) is 0.778. The van der Waals surface area contributed by atoms with Crippen molar-refractivity contribution in [3.63, 3.8) is 0 Å². The van der Waals surface area contributed by atoms with Crippen molar-refractivity contribution in [3.05, 3.63) is 0 Å². The molecular formula is C9H17NO2. The molecule has 1 fully saturated rings. The minimum Gasteiger partial charge on any atom is -0.372 e. The van der Waals surface area contributed by atoms with Gasteiger partial charge in [0.05, 0.1) is 0 Å². The maximum atomic E-state index is 10.7. The lowest BCUT2D eigenvalue weighted by Crippen LogP contribution is -2.06. The SMILES string of the molecule is CC(=O)C(C)CC1CC1.NC=O. The van der Waals surface area contributed by atoms with Crippen molar-refractivity contribution in [2.45, 2.75) is 33.1 Å². The maximum Gasteiger partial charge on any atom is 0.204 e. The zero-order valence-corrected chi connectivity index (χ0v) is 7.75. The Labute approximate surface area is 73.3 Å². The number of rotatable bonds is 3. The average molecular weight is 171 g/mol. The van der Waals surface area contributed by atoms with Crippen LogP contribution in [0.4, 0.5) is 0 Å². The Morgan fingerprint density at radius 1 is 1.67 bits per heavy atom. The van der Waals surface area contributed by atoms with Crippen molar-refractivity contribution in [1.29, 1.82) is 0 Å². The highest BCUT2D eigenvalue weighted by atomic mass is 16.1. The first kappa shape index (κ1) is 11.1. The van der Waals surface area contributed by atoms with Crippen LogP contribution in [0.15, 0.2) is 0 Å². The summed E-state index contributed by atoms with van der Waals surface area (Å²) in [6, 6.07) is 0. The van der Waals surface area contributed by atoms with E-state index in [4.69, 9.17) is 4.79 Å². The van der Waals surface area contributed by atoms with Gasteiger partial charge in [0.15, 0.2) is 0 Å². The molecular weight excluding hydrogens is 154 g/mol. The van der Waals surface area contributed by atoms with Gasteiger partial charge in [0.1, 0.15) is 5.78 Å². The smallest absolute Gasteiger partial charge is 0.204 e. The number of amides is 1. The molecule has 0 saturated heterocycles. The lowest BCUT2D eigenvalue weighted by Gasteiger charge is -2.03. The molecule has 1 saturated carbocycles. The lowest BCUT2D eigenvalue weighted by molar-refractivity contribution is -0.120. The zero-order valence-electron chi connectivity index (χ0n) is 7.75. The minimum atomic E-state index is 0.250. The highest BCUT2D eigenvalue weighted by molar-refractivity contribution is 5.77. The van der Waals surface area contributed by atoms with Crippen LogP contribution in [0.1, 0.15) is 33.1 Å². The Hall–Kier alpha value is -0.860. The topological polar surface area (TPSA) is 60.2 Å². The maximum absolute atomic E-state index is 10.7. The highest BCUT2D eigenvalue weighted by Gasteiger charge is 2.24. The first-order valence-corrected chi connectivity index (χ1v) is 4.27. The van der Waals surface area contributed by atoms with E-state index in [0.29, 0.717) is 11.7 Å². The molecule has 0 aliphatic heterocycles. The zero-order chi connectivity index (χ0) is 9.56. The van der Waals surface area contributed by atoms with Gasteiger partial charge < -0.3 is 5.73 Å². The van der Waals surface area contributed by atoms with E-state index in [1.54, 1.807) is 6.92 Å². The molecule has 1 amide bonds. The van der Waals surface area contributed by atoms with Gasteiger partial charge in [-0.25, -0.2) is 0 Å². The molecule has 1 atom stereocenters. The van der Waals surface area contributed by atoms with Crippen LogP contribution in [0, 0.1) is 11.8 Å². The van der Waals surface area contributed by atoms with Crippen molar-refractivity contribution in [1.82, 2.24) is 0 Å². The van der Waals surface area contributed by atoms with Gasteiger partial charge in [0.2, 0.25) is 6.41 Å². The lowest BCUT2D eigenvalue weighted by atomic mass is 10.0. The van der Waals surface area contributed by atoms with Crippen LogP contribution in [0.3, 0.4) is 0 Å². The van der Waals surface area contributed by atoms with Gasteiger partial charge in [-0.2, -0.15) is 0 Å². The quantitative estimate of drug-likeness (QED) is 0.647. The Balaban J connectivity index is 0.000000354. The monoisotopic (exact) mass is 171 g/mol. The van der Waals surface area contributed by atoms with Gasteiger partial charge >= 0.3 is 0 Å². The summed E-state index contributed by atoms with van der Waals surface area (Å²) >= 11 is 0. The van der Waals surface area contributed by atoms with Gasteiger partial charge in [-0.15, -0.1) is 0 Å². The number of Topliss-reactive ketones (excluding diaryl/α,β-unsaturated/α-hetero) is 1. The molecule has 0 heterocycles. The highest BCUT2D eigenvalue weighted by Crippen LogP contribution is 2.35. The van der Waals surface area contributed by atoms with Crippen LogP contribution < -0.4 is 5.73 Å². The molecule has 0 aromatic carbocycles. The summed E-state index contributed by atoms with van der Waals surface area (Å²) in [5.74, 6) is 1.56. The number of nitrogens with two attached hydrogens (primary N) is 1. The predicted molar refractivity (Wildman–Crippen MR) is 47.4 cm³/mol. The van der Waals surface area contributed by atoms with Crippen molar-refractivity contribution >= 4 is 12.2 Å². The summed E-state index contributed by atoms with van der Waals surface area (Å²) in [6.07, 6.45) is 4.10. The van der Waals surface area contributed by atoms with E-state index in [1.807, 2.05) is 6.92 Å². The molecule has 3 heteroatoms. The Morgan fingerprint density at radius 3 is 2.33 bits per heavy atom. The molecule has 1 aliphatic carbocycles. The number of carbonyl (C=O) groups excluding carboxylic acids is 2. The molecule has 70 valence electrons. The van der Waals surface area contributed by atoms with Gasteiger partial charge in [0, 0.05) is 5.92 Å². The van der Waals surface area contributed by atoms with Crippen LogP contribution in [0.25, 0.3) is 0 Å². The number of primary amides is 1. The Kier molecular flexibility index (Phi) is 5.34. The van der Waals surface area contributed by atoms with Gasteiger partial charge in [-0.1, -0.05) is 19.8 Å².